The van der Waals surface area contributed by atoms with Crippen molar-refractivity contribution in [1.29, 1.82) is 0 Å². The van der Waals surface area contributed by atoms with Gasteiger partial charge in [0, 0.05) is 24.4 Å². The summed E-state index contributed by atoms with van der Waals surface area (Å²) in [4.78, 5) is 31.2. The molecule has 28 heavy (non-hydrogen) atoms. The van der Waals surface area contributed by atoms with E-state index in [4.69, 9.17) is 4.74 Å². The van der Waals surface area contributed by atoms with Crippen LogP contribution in [0.1, 0.15) is 31.2 Å². The van der Waals surface area contributed by atoms with E-state index in [2.05, 4.69) is 11.0 Å². The van der Waals surface area contributed by atoms with Crippen LogP contribution < -0.4 is 4.90 Å². The smallest absolute Gasteiger partial charge is 0.414 e. The van der Waals surface area contributed by atoms with Crippen molar-refractivity contribution in [3.05, 3.63) is 29.8 Å². The number of rotatable bonds is 0. The zero-order chi connectivity index (χ0) is 19.1. The monoisotopic (exact) mass is 380 g/mol. The second-order valence-electron chi connectivity index (χ2n) is 9.63. The fourth-order valence-electron chi connectivity index (χ4n) is 9.13. The summed E-state index contributed by atoms with van der Waals surface area (Å²) in [6, 6.07) is 8.24. The SMILES string of the molecule is COC(=O)N1c2ccccc2[C@]23[C@@H]4CN5CCCC([C@H]52)[C@@H]2CC[C@]13[C@]2(O)C4=O. The molecule has 1 unspecified atom stereocenters. The van der Waals surface area contributed by atoms with Crippen LogP contribution in [-0.2, 0) is 14.9 Å². The van der Waals surface area contributed by atoms with Crippen LogP contribution in [0.3, 0.4) is 0 Å². The fourth-order valence-corrected chi connectivity index (χ4v) is 9.13. The highest BCUT2D eigenvalue weighted by atomic mass is 16.5. The summed E-state index contributed by atoms with van der Waals surface area (Å²) in [7, 11) is 1.39. The summed E-state index contributed by atoms with van der Waals surface area (Å²) in [5.41, 5.74) is -0.971. The van der Waals surface area contributed by atoms with Gasteiger partial charge in [-0.15, -0.1) is 0 Å². The number of hydrogen-bond acceptors (Lipinski definition) is 5. The van der Waals surface area contributed by atoms with Crippen LogP contribution >= 0.6 is 0 Å². The number of nitrogens with zero attached hydrogens (tertiary/aromatic N) is 2. The highest BCUT2D eigenvalue weighted by Crippen LogP contribution is 2.80. The quantitative estimate of drug-likeness (QED) is 0.742. The first-order valence-corrected chi connectivity index (χ1v) is 10.5. The van der Waals surface area contributed by atoms with Crippen molar-refractivity contribution < 1.29 is 19.4 Å². The van der Waals surface area contributed by atoms with E-state index in [1.807, 2.05) is 18.2 Å². The molecular weight excluding hydrogens is 356 g/mol. The Morgan fingerprint density at radius 3 is 2.93 bits per heavy atom. The number of hydrogen-bond donors (Lipinski definition) is 1. The predicted octanol–water partition coefficient (Wildman–Crippen LogP) is 1.70. The van der Waals surface area contributed by atoms with E-state index in [0.29, 0.717) is 18.9 Å². The number of ether oxygens (including phenoxy) is 1. The number of ketones is 1. The van der Waals surface area contributed by atoms with Crippen molar-refractivity contribution in [2.24, 2.45) is 17.8 Å². The van der Waals surface area contributed by atoms with Gasteiger partial charge in [0.05, 0.1) is 23.8 Å². The number of anilines is 1. The molecule has 3 aliphatic heterocycles. The van der Waals surface area contributed by atoms with E-state index in [1.165, 1.54) is 7.11 Å². The zero-order valence-electron chi connectivity index (χ0n) is 15.9. The molecule has 6 aliphatic rings. The number of carbonyl (C=O) groups is 2. The molecule has 1 aromatic carbocycles. The maximum atomic E-state index is 13.9. The number of para-hydroxylation sites is 1. The van der Waals surface area contributed by atoms with Crippen molar-refractivity contribution in [3.63, 3.8) is 0 Å². The summed E-state index contributed by atoms with van der Waals surface area (Å²) in [6.07, 6.45) is 3.20. The van der Waals surface area contributed by atoms with Gasteiger partial charge in [-0.2, -0.15) is 0 Å². The number of aliphatic hydroxyl groups is 1. The maximum Gasteiger partial charge on any atom is 0.414 e. The molecule has 4 bridgehead atoms. The minimum absolute atomic E-state index is 0.0182. The van der Waals surface area contributed by atoms with Gasteiger partial charge in [-0.25, -0.2) is 4.79 Å². The van der Waals surface area contributed by atoms with Crippen molar-refractivity contribution in [2.45, 2.75) is 48.3 Å². The maximum absolute atomic E-state index is 13.9. The van der Waals surface area contributed by atoms with E-state index in [-0.39, 0.29) is 23.7 Å². The van der Waals surface area contributed by atoms with Gasteiger partial charge in [-0.05, 0) is 49.8 Å². The summed E-state index contributed by atoms with van der Waals surface area (Å²) in [5.74, 6) is -0.0105. The molecule has 1 aromatic rings. The highest BCUT2D eigenvalue weighted by molar-refractivity contribution is 6.07. The number of carbonyl (C=O) groups excluding carboxylic acids is 2. The molecule has 6 nitrogen and oxygen atoms in total. The number of Topliss-reactive ketones (excluding diaryl/α,β-unsaturated/α-hetero) is 1. The second kappa shape index (κ2) is 4.46. The average Bonchev–Trinajstić information content (AvgIpc) is 3.30. The lowest BCUT2D eigenvalue weighted by Gasteiger charge is -2.59. The summed E-state index contributed by atoms with van der Waals surface area (Å²) < 4.78 is 5.22. The third-order valence-corrected chi connectivity index (χ3v) is 9.42. The molecule has 3 saturated carbocycles. The molecule has 2 saturated heterocycles. The summed E-state index contributed by atoms with van der Waals surface area (Å²) in [6.45, 7) is 1.72. The highest BCUT2D eigenvalue weighted by Gasteiger charge is 2.93. The van der Waals surface area contributed by atoms with Gasteiger partial charge < -0.3 is 9.84 Å². The first kappa shape index (κ1) is 15.9. The van der Waals surface area contributed by atoms with Gasteiger partial charge in [-0.3, -0.25) is 14.6 Å². The molecule has 1 N–H and O–H groups in total. The Morgan fingerprint density at radius 2 is 2.11 bits per heavy atom. The molecule has 1 amide bonds. The first-order chi connectivity index (χ1) is 13.5. The lowest BCUT2D eigenvalue weighted by molar-refractivity contribution is -0.158. The van der Waals surface area contributed by atoms with E-state index in [0.717, 1.165) is 37.1 Å². The Labute approximate surface area is 163 Å². The van der Waals surface area contributed by atoms with Gasteiger partial charge in [-0.1, -0.05) is 18.2 Å². The number of amides is 1. The first-order valence-electron chi connectivity index (χ1n) is 10.5. The minimum Gasteiger partial charge on any atom is -0.452 e. The largest absolute Gasteiger partial charge is 0.452 e. The van der Waals surface area contributed by atoms with Crippen LogP contribution in [-0.4, -0.2) is 59.3 Å². The van der Waals surface area contributed by atoms with E-state index < -0.39 is 22.6 Å². The Kier molecular flexibility index (Phi) is 2.54. The topological polar surface area (TPSA) is 70.1 Å². The number of methoxy groups -OCH3 is 1. The zero-order valence-corrected chi connectivity index (χ0v) is 15.9. The molecule has 146 valence electrons. The average molecular weight is 380 g/mol. The Bertz CT molecular complexity index is 964. The second-order valence-corrected chi connectivity index (χ2v) is 9.63. The van der Waals surface area contributed by atoms with Crippen LogP contribution in [0.4, 0.5) is 10.5 Å². The van der Waals surface area contributed by atoms with Crippen molar-refractivity contribution in [3.8, 4) is 0 Å². The Morgan fingerprint density at radius 1 is 1.29 bits per heavy atom. The van der Waals surface area contributed by atoms with Crippen LogP contribution in [0.15, 0.2) is 24.3 Å². The fraction of sp³-hybridized carbons (Fsp3) is 0.636. The van der Waals surface area contributed by atoms with Gasteiger partial charge >= 0.3 is 6.09 Å². The van der Waals surface area contributed by atoms with Crippen molar-refractivity contribution in [1.82, 2.24) is 4.90 Å². The molecule has 0 radical (unpaired) electrons. The van der Waals surface area contributed by atoms with E-state index in [9.17, 15) is 14.7 Å². The van der Waals surface area contributed by atoms with E-state index >= 15 is 0 Å². The van der Waals surface area contributed by atoms with Crippen LogP contribution in [0.25, 0.3) is 0 Å². The Balaban J connectivity index is 1.65. The van der Waals surface area contributed by atoms with E-state index in [1.54, 1.807) is 4.90 Å². The van der Waals surface area contributed by atoms with Gasteiger partial charge in [0.25, 0.3) is 0 Å². The molecular formula is C22H24N2O4. The van der Waals surface area contributed by atoms with Crippen molar-refractivity contribution in [2.75, 3.05) is 25.1 Å². The molecule has 0 aromatic heterocycles. The van der Waals surface area contributed by atoms with Crippen LogP contribution in [0.5, 0.6) is 0 Å². The van der Waals surface area contributed by atoms with Gasteiger partial charge in [0.1, 0.15) is 0 Å². The summed E-state index contributed by atoms with van der Waals surface area (Å²) in [5, 5.41) is 12.2. The molecule has 7 atom stereocenters. The predicted molar refractivity (Wildman–Crippen MR) is 100.0 cm³/mol. The lowest BCUT2D eigenvalue weighted by Crippen LogP contribution is -2.76. The van der Waals surface area contributed by atoms with Gasteiger partial charge in [0.2, 0.25) is 0 Å². The molecule has 7 rings (SSSR count). The van der Waals surface area contributed by atoms with Crippen molar-refractivity contribution >= 4 is 17.6 Å². The van der Waals surface area contributed by atoms with Crippen LogP contribution in [0.2, 0.25) is 0 Å². The lowest BCUT2D eigenvalue weighted by atomic mass is 9.52. The molecule has 6 heteroatoms. The minimum atomic E-state index is -1.46. The molecule has 5 fully saturated rings. The third kappa shape index (κ3) is 1.16. The standard InChI is InChI=1S/C22H24N2O4/c1-28-19(26)24-16-7-3-2-6-14(16)21-15-11-23-10-4-5-12(17(21)23)13-8-9-20(21,24)22(13,27)18(15)25/h2-3,6-7,12-13,15,17,27H,4-5,8-11H2,1H3/t12?,13-,15+,17-,20-,21-,22+/m0/s1. The Hall–Kier alpha value is -1.92. The van der Waals surface area contributed by atoms with Crippen LogP contribution in [0, 0.1) is 17.8 Å². The number of piperidine rings is 1. The number of benzene rings is 1. The van der Waals surface area contributed by atoms with Gasteiger partial charge in [0.15, 0.2) is 11.4 Å². The number of fused-ring (bicyclic) bond motifs is 2. The normalized spacial score (nSPS) is 49.4. The molecule has 3 aliphatic carbocycles. The third-order valence-electron chi connectivity index (χ3n) is 9.42. The molecule has 3 heterocycles. The summed E-state index contributed by atoms with van der Waals surface area (Å²) >= 11 is 0. The molecule has 2 spiro atoms.